The van der Waals surface area contributed by atoms with E-state index < -0.39 is 19.3 Å². The molecule has 4 rings (SSSR count). The van der Waals surface area contributed by atoms with Crippen molar-refractivity contribution in [3.8, 4) is 0 Å². The Morgan fingerprint density at radius 3 is 2.32 bits per heavy atom. The Balaban J connectivity index is 2.03. The van der Waals surface area contributed by atoms with E-state index in [1.807, 2.05) is 44.2 Å². The van der Waals surface area contributed by atoms with Crippen LogP contribution in [0.25, 0.3) is 0 Å². The molecule has 4 atom stereocenters. The summed E-state index contributed by atoms with van der Waals surface area (Å²) in [6.45, 7) is 3.91. The third-order valence-electron chi connectivity index (χ3n) is 6.18. The molecule has 19 heavy (non-hydrogen) atoms. The maximum Gasteiger partial charge on any atom is 0.165 e. The monoisotopic (exact) mass is 276 g/mol. The van der Waals surface area contributed by atoms with Crippen LogP contribution in [0.2, 0.25) is 0 Å². The molecule has 3 heteroatoms. The number of fused-ring (bicyclic) bond motifs is 1. The van der Waals surface area contributed by atoms with E-state index in [0.29, 0.717) is 17.8 Å². The van der Waals surface area contributed by atoms with Gasteiger partial charge in [0.2, 0.25) is 0 Å². The summed E-state index contributed by atoms with van der Waals surface area (Å²) < 4.78 is 25.4. The summed E-state index contributed by atoms with van der Waals surface area (Å²) in [4.78, 5) is 0. The van der Waals surface area contributed by atoms with Crippen LogP contribution in [0.3, 0.4) is 0 Å². The summed E-state index contributed by atoms with van der Waals surface area (Å²) in [5.74, 6) is 1.32. The molecule has 0 aromatic heterocycles. The highest BCUT2D eigenvalue weighted by Crippen LogP contribution is 2.71. The molecule has 102 valence electrons. The topological polar surface area (TPSA) is 34.1 Å². The zero-order valence-electron chi connectivity index (χ0n) is 11.5. The van der Waals surface area contributed by atoms with Crippen molar-refractivity contribution < 1.29 is 8.42 Å². The number of sulfone groups is 1. The van der Waals surface area contributed by atoms with Crippen molar-refractivity contribution >= 4 is 9.84 Å². The minimum Gasteiger partial charge on any atom is -0.227 e. The zero-order chi connectivity index (χ0) is 13.5. The highest BCUT2D eigenvalue weighted by molar-refractivity contribution is 7.94. The lowest BCUT2D eigenvalue weighted by Crippen LogP contribution is -2.39. The van der Waals surface area contributed by atoms with Gasteiger partial charge in [-0.15, -0.1) is 0 Å². The predicted molar refractivity (Wildman–Crippen MR) is 75.4 cm³/mol. The maximum atomic E-state index is 13.3. The van der Waals surface area contributed by atoms with Crippen LogP contribution in [0.15, 0.2) is 30.3 Å². The van der Waals surface area contributed by atoms with Gasteiger partial charge in [-0.05, 0) is 56.4 Å². The van der Waals surface area contributed by atoms with Crippen molar-refractivity contribution in [3.05, 3.63) is 35.9 Å². The van der Waals surface area contributed by atoms with Gasteiger partial charge >= 0.3 is 0 Å². The molecule has 0 spiro atoms. The van der Waals surface area contributed by atoms with E-state index >= 15 is 0 Å². The van der Waals surface area contributed by atoms with Crippen LogP contribution in [0.4, 0.5) is 0 Å². The highest BCUT2D eigenvalue weighted by atomic mass is 32.2. The molecular formula is C16H20O2S. The molecule has 4 unspecified atom stereocenters. The smallest absolute Gasteiger partial charge is 0.165 e. The molecule has 2 bridgehead atoms. The van der Waals surface area contributed by atoms with E-state index in [0.717, 1.165) is 24.8 Å². The molecule has 1 heterocycles. The summed E-state index contributed by atoms with van der Waals surface area (Å²) in [5, 5.41) is 0. The lowest BCUT2D eigenvalue weighted by Gasteiger charge is -2.32. The van der Waals surface area contributed by atoms with Crippen LogP contribution in [0.5, 0.6) is 0 Å². The van der Waals surface area contributed by atoms with Gasteiger partial charge in [-0.2, -0.15) is 0 Å². The second kappa shape index (κ2) is 3.25. The molecule has 0 amide bonds. The lowest BCUT2D eigenvalue weighted by atomic mass is 9.73. The molecule has 0 radical (unpaired) electrons. The van der Waals surface area contributed by atoms with Gasteiger partial charge in [0.25, 0.3) is 0 Å². The second-order valence-electron chi connectivity index (χ2n) is 7.12. The van der Waals surface area contributed by atoms with Crippen LogP contribution in [0.1, 0.15) is 38.7 Å². The van der Waals surface area contributed by atoms with E-state index in [-0.39, 0.29) is 0 Å². The van der Waals surface area contributed by atoms with Crippen molar-refractivity contribution in [1.29, 1.82) is 0 Å². The number of hydrogen-bond acceptors (Lipinski definition) is 2. The van der Waals surface area contributed by atoms with E-state index in [2.05, 4.69) is 0 Å². The number of rotatable bonds is 1. The average molecular weight is 276 g/mol. The first-order valence-corrected chi connectivity index (χ1v) is 8.69. The normalized spacial score (nSPS) is 44.6. The van der Waals surface area contributed by atoms with Crippen molar-refractivity contribution in [3.63, 3.8) is 0 Å². The van der Waals surface area contributed by atoms with Crippen LogP contribution in [0, 0.1) is 17.8 Å². The summed E-state index contributed by atoms with van der Waals surface area (Å²) in [6, 6.07) is 9.98. The van der Waals surface area contributed by atoms with Crippen molar-refractivity contribution in [1.82, 2.24) is 0 Å². The minimum atomic E-state index is -3.12. The van der Waals surface area contributed by atoms with Gasteiger partial charge in [0, 0.05) is 0 Å². The molecule has 2 aliphatic carbocycles. The fourth-order valence-electron chi connectivity index (χ4n) is 5.36. The standard InChI is InChI=1S/C16H20O2S/c1-15(2)13-8-11-9-14(13)16(10-11,19(15,17)18)12-6-4-3-5-7-12/h3-7,11,13-14H,8-10H2,1-2H3. The van der Waals surface area contributed by atoms with Gasteiger partial charge < -0.3 is 0 Å². The molecule has 2 nitrogen and oxygen atoms in total. The Morgan fingerprint density at radius 2 is 1.68 bits per heavy atom. The fourth-order valence-corrected chi connectivity index (χ4v) is 8.52. The van der Waals surface area contributed by atoms with Crippen LogP contribution in [-0.4, -0.2) is 13.2 Å². The van der Waals surface area contributed by atoms with E-state index in [1.54, 1.807) is 0 Å². The molecule has 1 saturated heterocycles. The van der Waals surface area contributed by atoms with E-state index in [9.17, 15) is 8.42 Å². The van der Waals surface area contributed by atoms with Crippen molar-refractivity contribution in [2.24, 2.45) is 17.8 Å². The molecule has 1 aliphatic heterocycles. The first-order chi connectivity index (χ1) is 8.91. The average Bonchev–Trinajstić information content (AvgIpc) is 2.99. The fraction of sp³-hybridized carbons (Fsp3) is 0.625. The van der Waals surface area contributed by atoms with Gasteiger partial charge in [0.05, 0.1) is 4.75 Å². The van der Waals surface area contributed by atoms with Gasteiger partial charge in [0.1, 0.15) is 4.75 Å². The highest BCUT2D eigenvalue weighted by Gasteiger charge is 2.75. The Labute approximate surface area is 115 Å². The minimum absolute atomic E-state index is 0.347. The summed E-state index contributed by atoms with van der Waals surface area (Å²) in [7, 11) is -3.12. The molecule has 3 aliphatic rings. The molecule has 2 saturated carbocycles. The molecule has 1 aromatic carbocycles. The van der Waals surface area contributed by atoms with Gasteiger partial charge in [-0.3, -0.25) is 0 Å². The summed E-state index contributed by atoms with van der Waals surface area (Å²) in [6.07, 6.45) is 3.08. The maximum absolute atomic E-state index is 13.3. The predicted octanol–water partition coefficient (Wildman–Crippen LogP) is 3.14. The Bertz CT molecular complexity index is 632. The summed E-state index contributed by atoms with van der Waals surface area (Å²) in [5.41, 5.74) is 1.04. The van der Waals surface area contributed by atoms with E-state index in [1.165, 1.54) is 0 Å². The van der Waals surface area contributed by atoms with Crippen molar-refractivity contribution in [2.45, 2.75) is 42.6 Å². The first-order valence-electron chi connectivity index (χ1n) is 7.21. The SMILES string of the molecule is CC1(C)C2CC3CC2C(c2ccccc2)(C3)S1(=O)=O. The Morgan fingerprint density at radius 1 is 1.05 bits per heavy atom. The third kappa shape index (κ3) is 1.09. The van der Waals surface area contributed by atoms with Gasteiger partial charge in [-0.1, -0.05) is 30.3 Å². The zero-order valence-corrected chi connectivity index (χ0v) is 12.3. The second-order valence-corrected chi connectivity index (χ2v) is 9.90. The number of hydrogen-bond donors (Lipinski definition) is 0. The quantitative estimate of drug-likeness (QED) is 0.789. The molecule has 1 aromatic rings. The molecule has 0 N–H and O–H groups in total. The van der Waals surface area contributed by atoms with Gasteiger partial charge in [-0.25, -0.2) is 8.42 Å². The molecular weight excluding hydrogens is 256 g/mol. The summed E-state index contributed by atoms with van der Waals surface area (Å²) >= 11 is 0. The molecule has 3 fully saturated rings. The number of benzene rings is 1. The Kier molecular flexibility index (Phi) is 2.04. The van der Waals surface area contributed by atoms with Crippen LogP contribution >= 0.6 is 0 Å². The lowest BCUT2D eigenvalue weighted by molar-refractivity contribution is 0.266. The van der Waals surface area contributed by atoms with Crippen LogP contribution < -0.4 is 0 Å². The van der Waals surface area contributed by atoms with Crippen molar-refractivity contribution in [2.75, 3.05) is 0 Å². The van der Waals surface area contributed by atoms with Gasteiger partial charge in [0.15, 0.2) is 9.84 Å². The Hall–Kier alpha value is -0.830. The first kappa shape index (κ1) is 12.0. The van der Waals surface area contributed by atoms with E-state index in [4.69, 9.17) is 0 Å². The third-order valence-corrected chi connectivity index (χ3v) is 9.53. The van der Waals surface area contributed by atoms with Crippen LogP contribution in [-0.2, 0) is 14.6 Å². The largest absolute Gasteiger partial charge is 0.227 e.